The average Bonchev–Trinajstić information content (AvgIpc) is 2.98. The van der Waals surface area contributed by atoms with Crippen LogP contribution >= 0.6 is 46.4 Å². The van der Waals surface area contributed by atoms with E-state index in [0.29, 0.717) is 20.8 Å². The van der Waals surface area contributed by atoms with Crippen LogP contribution in [0.4, 0.5) is 0 Å². The average molecular weight is 490 g/mol. The predicted octanol–water partition coefficient (Wildman–Crippen LogP) is 7.03. The molecule has 0 aliphatic heterocycles. The van der Waals surface area contributed by atoms with Crippen LogP contribution in [-0.2, 0) is 16.2 Å². The summed E-state index contributed by atoms with van der Waals surface area (Å²) >= 11 is 26.4. The molecule has 1 atom stereocenters. The molecular formula is C23H24Cl4O3. The molecule has 3 nitrogen and oxygen atoms in total. The van der Waals surface area contributed by atoms with E-state index in [1.807, 2.05) is 12.1 Å². The minimum absolute atomic E-state index is 0.0801. The van der Waals surface area contributed by atoms with Gasteiger partial charge in [-0.2, -0.15) is 0 Å². The van der Waals surface area contributed by atoms with Crippen LogP contribution in [-0.4, -0.2) is 23.4 Å². The lowest BCUT2D eigenvalue weighted by molar-refractivity contribution is 0.201. The van der Waals surface area contributed by atoms with Gasteiger partial charge in [-0.15, -0.1) is 0 Å². The minimum Gasteiger partial charge on any atom is -0.505 e. The number of halogens is 4. The number of aromatic hydroxyl groups is 1. The number of rotatable bonds is 3. The van der Waals surface area contributed by atoms with Gasteiger partial charge in [0.2, 0.25) is 0 Å². The van der Waals surface area contributed by atoms with E-state index in [1.165, 1.54) is 0 Å². The van der Waals surface area contributed by atoms with Crippen LogP contribution in [0.3, 0.4) is 0 Å². The number of phenols is 1. The molecule has 30 heavy (non-hydrogen) atoms. The molecule has 2 aromatic rings. The van der Waals surface area contributed by atoms with Crippen LogP contribution in [0.15, 0.2) is 12.1 Å². The van der Waals surface area contributed by atoms with Gasteiger partial charge in [0.15, 0.2) is 11.5 Å². The van der Waals surface area contributed by atoms with Gasteiger partial charge in [-0.1, -0.05) is 74.1 Å². The molecule has 0 aromatic heterocycles. The molecule has 2 aliphatic rings. The van der Waals surface area contributed by atoms with Gasteiger partial charge in [-0.3, -0.25) is 0 Å². The first kappa shape index (κ1) is 22.4. The predicted molar refractivity (Wildman–Crippen MR) is 123 cm³/mol. The molecule has 2 N–H and O–H groups in total. The summed E-state index contributed by atoms with van der Waals surface area (Å²) in [6, 6.07) is 3.78. The summed E-state index contributed by atoms with van der Waals surface area (Å²) in [5.74, 6) is 0.319. The fourth-order valence-corrected chi connectivity index (χ4v) is 7.37. The lowest BCUT2D eigenvalue weighted by atomic mass is 9.72. The van der Waals surface area contributed by atoms with Gasteiger partial charge in [0, 0.05) is 5.41 Å². The van der Waals surface area contributed by atoms with Crippen molar-refractivity contribution in [3.8, 4) is 11.5 Å². The van der Waals surface area contributed by atoms with Gasteiger partial charge >= 0.3 is 0 Å². The lowest BCUT2D eigenvalue weighted by Crippen LogP contribution is -2.27. The first-order valence-electron chi connectivity index (χ1n) is 9.86. The van der Waals surface area contributed by atoms with E-state index >= 15 is 0 Å². The molecule has 0 bridgehead atoms. The summed E-state index contributed by atoms with van der Waals surface area (Å²) in [7, 11) is 0. The van der Waals surface area contributed by atoms with Gasteiger partial charge in [0.25, 0.3) is 0 Å². The number of benzene rings is 2. The lowest BCUT2D eigenvalue weighted by Gasteiger charge is -2.30. The van der Waals surface area contributed by atoms with E-state index < -0.39 is 0 Å². The van der Waals surface area contributed by atoms with Gasteiger partial charge in [0.1, 0.15) is 6.61 Å². The van der Waals surface area contributed by atoms with Crippen LogP contribution in [0, 0.1) is 0 Å². The molecule has 1 spiro atoms. The molecule has 0 amide bonds. The van der Waals surface area contributed by atoms with E-state index in [1.54, 1.807) is 0 Å². The standard InChI is InChI=1S/C23H24Cl4O3/c1-21(2)9-23(11-7-13(24)19(29)17(26)15(11)21)10-22(3,4)16-12(23)8-14(25)20(18(16)27)30-6-5-28/h7-8,28-29H,5-6,9-10H2,1-4H3. The van der Waals surface area contributed by atoms with E-state index in [0.717, 1.165) is 35.1 Å². The van der Waals surface area contributed by atoms with Crippen molar-refractivity contribution >= 4 is 46.4 Å². The summed E-state index contributed by atoms with van der Waals surface area (Å²) in [6.07, 6.45) is 1.58. The number of aliphatic hydroxyl groups excluding tert-OH is 1. The maximum absolute atomic E-state index is 10.4. The first-order chi connectivity index (χ1) is 13.9. The Morgan fingerprint density at radius 3 is 1.90 bits per heavy atom. The summed E-state index contributed by atoms with van der Waals surface area (Å²) < 4.78 is 5.66. The summed E-state index contributed by atoms with van der Waals surface area (Å²) in [6.45, 7) is 8.57. The van der Waals surface area contributed by atoms with Crippen LogP contribution < -0.4 is 4.74 Å². The van der Waals surface area contributed by atoms with E-state index in [4.69, 9.17) is 56.2 Å². The van der Waals surface area contributed by atoms with Crippen molar-refractivity contribution < 1.29 is 14.9 Å². The smallest absolute Gasteiger partial charge is 0.156 e. The molecule has 162 valence electrons. The van der Waals surface area contributed by atoms with Gasteiger partial charge in [-0.25, -0.2) is 0 Å². The molecule has 1 unspecified atom stereocenters. The van der Waals surface area contributed by atoms with Crippen molar-refractivity contribution in [3.05, 3.63) is 54.5 Å². The highest BCUT2D eigenvalue weighted by Gasteiger charge is 2.58. The third-order valence-electron chi connectivity index (χ3n) is 6.58. The third-order valence-corrected chi connectivity index (χ3v) is 7.88. The van der Waals surface area contributed by atoms with E-state index in [-0.39, 0.29) is 40.2 Å². The summed E-state index contributed by atoms with van der Waals surface area (Å²) in [5, 5.41) is 21.0. The van der Waals surface area contributed by atoms with Crippen LogP contribution in [0.5, 0.6) is 11.5 Å². The number of fused-ring (bicyclic) bond motifs is 4. The molecule has 0 fully saturated rings. The Balaban J connectivity index is 2.04. The van der Waals surface area contributed by atoms with Gasteiger partial charge < -0.3 is 14.9 Å². The van der Waals surface area contributed by atoms with Gasteiger partial charge in [0.05, 0.1) is 26.7 Å². The van der Waals surface area contributed by atoms with Crippen molar-refractivity contribution in [2.45, 2.75) is 56.8 Å². The molecule has 0 saturated heterocycles. The number of ether oxygens (including phenoxy) is 1. The number of hydrogen-bond donors (Lipinski definition) is 2. The fraction of sp³-hybridized carbons (Fsp3) is 0.478. The minimum atomic E-state index is -0.387. The number of hydrogen-bond acceptors (Lipinski definition) is 3. The molecular weight excluding hydrogens is 466 g/mol. The zero-order valence-electron chi connectivity index (χ0n) is 17.3. The second-order valence-corrected chi connectivity index (χ2v) is 11.2. The second kappa shape index (κ2) is 7.08. The van der Waals surface area contributed by atoms with Crippen LogP contribution in [0.1, 0.15) is 62.8 Å². The van der Waals surface area contributed by atoms with Crippen molar-refractivity contribution in [1.29, 1.82) is 0 Å². The Bertz CT molecular complexity index is 1060. The molecule has 7 heteroatoms. The fourth-order valence-electron chi connectivity index (χ4n) is 5.84. The number of aliphatic hydroxyl groups is 1. The highest BCUT2D eigenvalue weighted by Crippen LogP contribution is 2.66. The Morgan fingerprint density at radius 1 is 0.867 bits per heavy atom. The zero-order valence-corrected chi connectivity index (χ0v) is 20.3. The zero-order chi connectivity index (χ0) is 22.2. The van der Waals surface area contributed by atoms with Crippen molar-refractivity contribution in [2.75, 3.05) is 13.2 Å². The summed E-state index contributed by atoms with van der Waals surface area (Å²) in [4.78, 5) is 0. The normalized spacial score (nSPS) is 23.0. The topological polar surface area (TPSA) is 49.7 Å². The Hall–Kier alpha value is -0.840. The Kier molecular flexibility index (Phi) is 5.28. The highest BCUT2D eigenvalue weighted by molar-refractivity contribution is 6.38. The van der Waals surface area contributed by atoms with Crippen LogP contribution in [0.2, 0.25) is 20.1 Å². The van der Waals surface area contributed by atoms with Crippen molar-refractivity contribution in [1.82, 2.24) is 0 Å². The second-order valence-electron chi connectivity index (χ2n) is 9.64. The van der Waals surface area contributed by atoms with E-state index in [2.05, 4.69) is 27.7 Å². The molecule has 0 saturated carbocycles. The maximum Gasteiger partial charge on any atom is 0.156 e. The molecule has 0 radical (unpaired) electrons. The van der Waals surface area contributed by atoms with E-state index in [9.17, 15) is 5.11 Å². The maximum atomic E-state index is 10.4. The van der Waals surface area contributed by atoms with Crippen molar-refractivity contribution in [3.63, 3.8) is 0 Å². The van der Waals surface area contributed by atoms with Crippen LogP contribution in [0.25, 0.3) is 0 Å². The largest absolute Gasteiger partial charge is 0.505 e. The molecule has 2 aromatic carbocycles. The van der Waals surface area contributed by atoms with Crippen molar-refractivity contribution in [2.24, 2.45) is 0 Å². The Labute approximate surface area is 196 Å². The molecule has 4 rings (SSSR count). The highest BCUT2D eigenvalue weighted by atomic mass is 35.5. The summed E-state index contributed by atoms with van der Waals surface area (Å²) in [5.41, 5.74) is 3.04. The quantitative estimate of drug-likeness (QED) is 0.486. The molecule has 0 heterocycles. The van der Waals surface area contributed by atoms with Gasteiger partial charge in [-0.05, 0) is 58.1 Å². The molecule has 2 aliphatic carbocycles. The monoisotopic (exact) mass is 488 g/mol. The Morgan fingerprint density at radius 2 is 1.37 bits per heavy atom. The first-order valence-corrected chi connectivity index (χ1v) is 11.4. The number of phenolic OH excluding ortho intramolecular Hbond substituents is 1. The SMILES string of the molecule is CC1(C)CC2(CC(C)(C)c3c2cc(Cl)c(OCCO)c3Cl)c2cc(Cl)c(O)c(Cl)c21. The third kappa shape index (κ3) is 2.97.